The number of anilines is 2. The fourth-order valence-electron chi connectivity index (χ4n) is 3.82. The number of methoxy groups -OCH3 is 1. The van der Waals surface area contributed by atoms with Gasteiger partial charge in [-0.2, -0.15) is 0 Å². The lowest BCUT2D eigenvalue weighted by atomic mass is 9.81. The number of urea groups is 1. The third kappa shape index (κ3) is 2.49. The first-order valence-corrected chi connectivity index (χ1v) is 8.65. The normalized spacial score (nSPS) is 20.8. The van der Waals surface area contributed by atoms with Gasteiger partial charge in [-0.3, -0.25) is 4.79 Å². The minimum atomic E-state index is -0.701. The van der Waals surface area contributed by atoms with Gasteiger partial charge >= 0.3 is 6.03 Å². The van der Waals surface area contributed by atoms with Crippen LogP contribution in [-0.4, -0.2) is 37.0 Å². The summed E-state index contributed by atoms with van der Waals surface area (Å²) in [4.78, 5) is 27.1. The lowest BCUT2D eigenvalue weighted by molar-refractivity contribution is -0.120. The number of nitrogens with one attached hydrogen (secondary N) is 2. The Labute approximate surface area is 152 Å². The number of rotatable bonds is 2. The molecule has 0 radical (unpaired) electrons. The fraction of sp³-hybridized carbons (Fsp3) is 0.300. The number of ether oxygens (including phenoxy) is 1. The van der Waals surface area contributed by atoms with Crippen molar-refractivity contribution >= 4 is 23.3 Å². The van der Waals surface area contributed by atoms with Crippen LogP contribution in [0, 0.1) is 6.92 Å². The molecule has 2 aromatic rings. The summed E-state index contributed by atoms with van der Waals surface area (Å²) in [6.45, 7) is 2.84. The smallest absolute Gasteiger partial charge is 0.321 e. The Kier molecular flexibility index (Phi) is 3.83. The average molecular weight is 351 g/mol. The molecule has 4 rings (SSSR count). The molecule has 2 aromatic carbocycles. The lowest BCUT2D eigenvalue weighted by Crippen LogP contribution is -2.40. The Bertz CT molecular complexity index is 896. The van der Waals surface area contributed by atoms with Gasteiger partial charge in [0.25, 0.3) is 0 Å². The molecule has 6 heteroatoms. The number of carbonyl (C=O) groups is 2. The molecule has 1 spiro atoms. The molecular formula is C20H21N3O3. The van der Waals surface area contributed by atoms with E-state index in [-0.39, 0.29) is 11.9 Å². The number of para-hydroxylation sites is 1. The summed E-state index contributed by atoms with van der Waals surface area (Å²) in [5.41, 5.74) is 2.80. The number of amides is 3. The highest BCUT2D eigenvalue weighted by atomic mass is 16.5. The van der Waals surface area contributed by atoms with Crippen molar-refractivity contribution in [3.05, 3.63) is 53.6 Å². The van der Waals surface area contributed by atoms with Gasteiger partial charge in [0.2, 0.25) is 5.91 Å². The number of likely N-dealkylation sites (tertiary alicyclic amines) is 1. The van der Waals surface area contributed by atoms with Crippen molar-refractivity contribution in [2.24, 2.45) is 0 Å². The van der Waals surface area contributed by atoms with Crippen molar-refractivity contribution in [1.29, 1.82) is 0 Å². The van der Waals surface area contributed by atoms with Crippen LogP contribution in [0.25, 0.3) is 0 Å². The minimum absolute atomic E-state index is 0.0491. The number of aryl methyl sites for hydroxylation is 1. The highest BCUT2D eigenvalue weighted by Gasteiger charge is 2.52. The monoisotopic (exact) mass is 351 g/mol. The average Bonchev–Trinajstić information content (AvgIpc) is 3.20. The molecule has 0 aliphatic carbocycles. The van der Waals surface area contributed by atoms with Crippen molar-refractivity contribution in [3.8, 4) is 5.75 Å². The molecule has 0 aromatic heterocycles. The molecule has 1 fully saturated rings. The van der Waals surface area contributed by atoms with E-state index in [4.69, 9.17) is 4.74 Å². The van der Waals surface area contributed by atoms with Gasteiger partial charge in [0.05, 0.1) is 12.5 Å². The molecule has 0 bridgehead atoms. The minimum Gasteiger partial charge on any atom is -0.497 e. The van der Waals surface area contributed by atoms with Crippen LogP contribution < -0.4 is 15.4 Å². The van der Waals surface area contributed by atoms with E-state index in [2.05, 4.69) is 10.6 Å². The highest BCUT2D eigenvalue weighted by molar-refractivity contribution is 6.07. The van der Waals surface area contributed by atoms with Gasteiger partial charge in [-0.05, 0) is 48.7 Å². The number of hydrogen-bond acceptors (Lipinski definition) is 3. The summed E-state index contributed by atoms with van der Waals surface area (Å²) >= 11 is 0. The predicted molar refractivity (Wildman–Crippen MR) is 99.7 cm³/mol. The van der Waals surface area contributed by atoms with E-state index in [1.807, 2.05) is 49.4 Å². The van der Waals surface area contributed by atoms with Crippen LogP contribution >= 0.6 is 0 Å². The van der Waals surface area contributed by atoms with Crippen LogP contribution in [0.3, 0.4) is 0 Å². The van der Waals surface area contributed by atoms with Crippen LogP contribution in [0.1, 0.15) is 17.5 Å². The van der Waals surface area contributed by atoms with E-state index >= 15 is 0 Å². The lowest BCUT2D eigenvalue weighted by Gasteiger charge is -2.23. The SMILES string of the molecule is COc1ccc2c(c1)C1(CCN(C(=O)Nc3ccccc3C)C1)C(=O)N2. The number of hydrogen-bond donors (Lipinski definition) is 2. The van der Waals surface area contributed by atoms with Crippen molar-refractivity contribution in [1.82, 2.24) is 4.90 Å². The van der Waals surface area contributed by atoms with Crippen molar-refractivity contribution in [3.63, 3.8) is 0 Å². The molecule has 2 aliphatic rings. The van der Waals surface area contributed by atoms with Gasteiger partial charge in [0.15, 0.2) is 0 Å². The Balaban J connectivity index is 1.58. The van der Waals surface area contributed by atoms with Crippen molar-refractivity contribution < 1.29 is 14.3 Å². The highest BCUT2D eigenvalue weighted by Crippen LogP contribution is 2.45. The van der Waals surface area contributed by atoms with E-state index in [0.29, 0.717) is 25.3 Å². The van der Waals surface area contributed by atoms with E-state index in [9.17, 15) is 9.59 Å². The van der Waals surface area contributed by atoms with Gasteiger partial charge in [0, 0.05) is 24.5 Å². The summed E-state index contributed by atoms with van der Waals surface area (Å²) < 4.78 is 5.31. The van der Waals surface area contributed by atoms with Gasteiger partial charge in [-0.15, -0.1) is 0 Å². The van der Waals surface area contributed by atoms with Crippen LogP contribution in [0.5, 0.6) is 5.75 Å². The molecule has 1 unspecified atom stereocenters. The largest absolute Gasteiger partial charge is 0.497 e. The Morgan fingerprint density at radius 2 is 2.08 bits per heavy atom. The van der Waals surface area contributed by atoms with Gasteiger partial charge in [-0.1, -0.05) is 18.2 Å². The van der Waals surface area contributed by atoms with Gasteiger partial charge in [0.1, 0.15) is 5.75 Å². The fourth-order valence-corrected chi connectivity index (χ4v) is 3.82. The van der Waals surface area contributed by atoms with E-state index in [1.165, 1.54) is 0 Å². The topological polar surface area (TPSA) is 70.7 Å². The summed E-state index contributed by atoms with van der Waals surface area (Å²) in [5.74, 6) is 0.661. The van der Waals surface area contributed by atoms with Gasteiger partial charge < -0.3 is 20.3 Å². The standard InChI is InChI=1S/C20H21N3O3/c1-13-5-3-4-6-16(13)22-19(25)23-10-9-20(12-23)15-11-14(26-2)7-8-17(15)21-18(20)24/h3-8,11H,9-10,12H2,1-2H3,(H,21,24)(H,22,25). The first-order chi connectivity index (χ1) is 12.5. The molecule has 2 heterocycles. The third-order valence-electron chi connectivity index (χ3n) is 5.37. The van der Waals surface area contributed by atoms with E-state index < -0.39 is 5.41 Å². The van der Waals surface area contributed by atoms with Crippen LogP contribution in [-0.2, 0) is 10.2 Å². The molecule has 2 aliphatic heterocycles. The first kappa shape index (κ1) is 16.4. The molecule has 6 nitrogen and oxygen atoms in total. The zero-order valence-corrected chi connectivity index (χ0v) is 14.8. The van der Waals surface area contributed by atoms with Crippen molar-refractivity contribution in [2.45, 2.75) is 18.8 Å². The first-order valence-electron chi connectivity index (χ1n) is 8.65. The molecule has 134 valence electrons. The Hall–Kier alpha value is -3.02. The number of carbonyl (C=O) groups excluding carboxylic acids is 2. The molecule has 3 amide bonds. The van der Waals surface area contributed by atoms with Crippen molar-refractivity contribution in [2.75, 3.05) is 30.8 Å². The number of fused-ring (bicyclic) bond motifs is 2. The second-order valence-electron chi connectivity index (χ2n) is 6.86. The van der Waals surface area contributed by atoms with Crippen LogP contribution in [0.2, 0.25) is 0 Å². The zero-order chi connectivity index (χ0) is 18.3. The Morgan fingerprint density at radius 1 is 1.27 bits per heavy atom. The predicted octanol–water partition coefficient (Wildman–Crippen LogP) is 3.13. The summed E-state index contributed by atoms with van der Waals surface area (Å²) in [7, 11) is 1.61. The number of benzene rings is 2. The van der Waals surface area contributed by atoms with Gasteiger partial charge in [-0.25, -0.2) is 4.79 Å². The second kappa shape index (κ2) is 6.05. The summed E-state index contributed by atoms with van der Waals surface area (Å²) in [5, 5.41) is 5.90. The molecule has 26 heavy (non-hydrogen) atoms. The van der Waals surface area contributed by atoms with E-state index in [0.717, 1.165) is 22.5 Å². The second-order valence-corrected chi connectivity index (χ2v) is 6.86. The molecule has 2 N–H and O–H groups in total. The maximum absolute atomic E-state index is 12.7. The summed E-state index contributed by atoms with van der Waals surface area (Å²) in [6, 6.07) is 13.1. The van der Waals surface area contributed by atoms with Crippen LogP contribution in [0.4, 0.5) is 16.2 Å². The molecule has 0 saturated carbocycles. The Morgan fingerprint density at radius 3 is 2.85 bits per heavy atom. The molecular weight excluding hydrogens is 330 g/mol. The molecule has 1 atom stereocenters. The molecule has 1 saturated heterocycles. The zero-order valence-electron chi connectivity index (χ0n) is 14.8. The summed E-state index contributed by atoms with van der Waals surface area (Å²) in [6.07, 6.45) is 0.597. The maximum Gasteiger partial charge on any atom is 0.321 e. The maximum atomic E-state index is 12.7. The van der Waals surface area contributed by atoms with Crippen LogP contribution in [0.15, 0.2) is 42.5 Å². The van der Waals surface area contributed by atoms with E-state index in [1.54, 1.807) is 12.0 Å². The third-order valence-corrected chi connectivity index (χ3v) is 5.37. The number of nitrogens with zero attached hydrogens (tertiary/aromatic N) is 1. The quantitative estimate of drug-likeness (QED) is 0.873.